The highest BCUT2D eigenvalue weighted by Gasteiger charge is 2.20. The van der Waals surface area contributed by atoms with E-state index >= 15 is 0 Å². The number of piperidine rings is 1. The van der Waals surface area contributed by atoms with Crippen molar-refractivity contribution in [2.45, 2.75) is 31.2 Å². The maximum absolute atomic E-state index is 12.6. The largest absolute Gasteiger partial charge is 0.495 e. The summed E-state index contributed by atoms with van der Waals surface area (Å²) in [5.74, 6) is 0.972. The fourth-order valence-corrected chi connectivity index (χ4v) is 4.81. The van der Waals surface area contributed by atoms with Crippen LogP contribution in [-0.4, -0.2) is 28.6 Å². The predicted octanol–water partition coefficient (Wildman–Crippen LogP) is 4.06. The van der Waals surface area contributed by atoms with Crippen molar-refractivity contribution in [2.75, 3.05) is 25.1 Å². The van der Waals surface area contributed by atoms with Crippen molar-refractivity contribution in [1.82, 2.24) is 4.72 Å². The third kappa shape index (κ3) is 4.94. The van der Waals surface area contributed by atoms with Crippen LogP contribution in [0.2, 0.25) is 5.02 Å². The lowest BCUT2D eigenvalue weighted by Gasteiger charge is -2.32. The van der Waals surface area contributed by atoms with E-state index in [0.717, 1.165) is 18.7 Å². The van der Waals surface area contributed by atoms with Gasteiger partial charge >= 0.3 is 0 Å². The number of benzene rings is 2. The van der Waals surface area contributed by atoms with Crippen molar-refractivity contribution < 1.29 is 13.2 Å². The molecule has 3 rings (SSSR count). The number of methoxy groups -OCH3 is 1. The zero-order valence-corrected chi connectivity index (χ0v) is 17.2. The topological polar surface area (TPSA) is 58.6 Å². The van der Waals surface area contributed by atoms with E-state index in [-0.39, 0.29) is 17.2 Å². The highest BCUT2D eigenvalue weighted by atomic mass is 35.5. The molecule has 1 heterocycles. The molecule has 0 amide bonds. The van der Waals surface area contributed by atoms with Gasteiger partial charge in [-0.2, -0.15) is 0 Å². The van der Waals surface area contributed by atoms with Crippen LogP contribution in [0.1, 0.15) is 25.3 Å². The van der Waals surface area contributed by atoms with E-state index in [9.17, 15) is 8.42 Å². The Morgan fingerprint density at radius 3 is 2.63 bits per heavy atom. The van der Waals surface area contributed by atoms with Gasteiger partial charge in [-0.25, -0.2) is 13.1 Å². The van der Waals surface area contributed by atoms with Gasteiger partial charge in [0.1, 0.15) is 10.6 Å². The maximum atomic E-state index is 12.6. The fraction of sp³-hybridized carbons (Fsp3) is 0.400. The molecular formula is C20H25ClN2O3S. The average Bonchev–Trinajstić information content (AvgIpc) is 2.67. The molecule has 1 atom stereocenters. The monoisotopic (exact) mass is 408 g/mol. The van der Waals surface area contributed by atoms with Crippen LogP contribution in [0.4, 0.5) is 5.69 Å². The summed E-state index contributed by atoms with van der Waals surface area (Å²) in [6.07, 6.45) is 2.49. The van der Waals surface area contributed by atoms with E-state index in [4.69, 9.17) is 16.3 Å². The lowest BCUT2D eigenvalue weighted by molar-refractivity contribution is 0.402. The van der Waals surface area contributed by atoms with Crippen molar-refractivity contribution in [3.05, 3.63) is 53.1 Å². The van der Waals surface area contributed by atoms with Crippen molar-refractivity contribution in [1.29, 1.82) is 0 Å². The van der Waals surface area contributed by atoms with Crippen LogP contribution in [0.15, 0.2) is 47.4 Å². The molecule has 0 saturated carbocycles. The molecule has 1 aliphatic rings. The van der Waals surface area contributed by atoms with Crippen LogP contribution in [-0.2, 0) is 16.6 Å². The van der Waals surface area contributed by atoms with E-state index in [1.807, 2.05) is 12.1 Å². The van der Waals surface area contributed by atoms with Crippen molar-refractivity contribution in [3.63, 3.8) is 0 Å². The van der Waals surface area contributed by atoms with Gasteiger partial charge < -0.3 is 9.64 Å². The predicted molar refractivity (Wildman–Crippen MR) is 109 cm³/mol. The first-order valence-corrected chi connectivity index (χ1v) is 10.9. The Morgan fingerprint density at radius 2 is 1.96 bits per heavy atom. The second kappa shape index (κ2) is 8.50. The molecule has 2 aromatic carbocycles. The molecule has 0 bridgehead atoms. The van der Waals surface area contributed by atoms with Crippen LogP contribution in [0.3, 0.4) is 0 Å². The molecule has 0 aromatic heterocycles. The quantitative estimate of drug-likeness (QED) is 0.782. The summed E-state index contributed by atoms with van der Waals surface area (Å²) >= 11 is 5.95. The first kappa shape index (κ1) is 20.0. The van der Waals surface area contributed by atoms with Crippen molar-refractivity contribution in [2.24, 2.45) is 5.92 Å². The molecule has 0 radical (unpaired) electrons. The van der Waals surface area contributed by atoms with Gasteiger partial charge in [0.15, 0.2) is 0 Å². The summed E-state index contributed by atoms with van der Waals surface area (Å²) in [6, 6.07) is 12.6. The molecule has 7 heteroatoms. The number of rotatable bonds is 6. The van der Waals surface area contributed by atoms with E-state index in [1.54, 1.807) is 12.1 Å². The Labute approximate surface area is 166 Å². The summed E-state index contributed by atoms with van der Waals surface area (Å²) in [5, 5.41) is 0.344. The molecule has 1 saturated heterocycles. The molecule has 1 aliphatic heterocycles. The van der Waals surface area contributed by atoms with Crippen LogP contribution < -0.4 is 14.4 Å². The molecule has 27 heavy (non-hydrogen) atoms. The van der Waals surface area contributed by atoms with Gasteiger partial charge in [0.05, 0.1) is 7.11 Å². The minimum atomic E-state index is -3.73. The number of anilines is 1. The highest BCUT2D eigenvalue weighted by molar-refractivity contribution is 7.89. The molecule has 0 unspecified atom stereocenters. The fourth-order valence-electron chi connectivity index (χ4n) is 3.37. The standard InChI is InChI=1S/C20H25ClN2O3S/c1-15-4-3-11-23(14-15)18-8-5-16(6-9-18)13-22-27(24,25)20-12-17(21)7-10-19(20)26-2/h5-10,12,15,22H,3-4,11,13-14H2,1-2H3/t15-/m0/s1. The molecule has 5 nitrogen and oxygen atoms in total. The molecule has 0 spiro atoms. The van der Waals surface area contributed by atoms with Gasteiger partial charge in [0.25, 0.3) is 0 Å². The maximum Gasteiger partial charge on any atom is 0.244 e. The Bertz CT molecular complexity index is 885. The highest BCUT2D eigenvalue weighted by Crippen LogP contribution is 2.27. The molecule has 146 valence electrons. The SMILES string of the molecule is COc1ccc(Cl)cc1S(=O)(=O)NCc1ccc(N2CCC[C@H](C)C2)cc1. The lowest BCUT2D eigenvalue weighted by Crippen LogP contribution is -2.34. The molecule has 1 N–H and O–H groups in total. The van der Waals surface area contributed by atoms with Gasteiger partial charge in [-0.1, -0.05) is 30.7 Å². The molecule has 1 fully saturated rings. The minimum Gasteiger partial charge on any atom is -0.495 e. The Morgan fingerprint density at radius 1 is 1.22 bits per heavy atom. The average molecular weight is 409 g/mol. The minimum absolute atomic E-state index is 0.0384. The number of hydrogen-bond donors (Lipinski definition) is 1. The Hall–Kier alpha value is -1.76. The summed E-state index contributed by atoms with van der Waals surface area (Å²) in [6.45, 7) is 4.62. The number of sulfonamides is 1. The molecule has 0 aliphatic carbocycles. The number of nitrogens with one attached hydrogen (secondary N) is 1. The summed E-state index contributed by atoms with van der Waals surface area (Å²) < 4.78 is 33.0. The number of nitrogens with zero attached hydrogens (tertiary/aromatic N) is 1. The molecule has 2 aromatic rings. The van der Waals surface area contributed by atoms with Gasteiger partial charge in [-0.15, -0.1) is 0 Å². The van der Waals surface area contributed by atoms with Crippen LogP contribution in [0.25, 0.3) is 0 Å². The van der Waals surface area contributed by atoms with Crippen LogP contribution >= 0.6 is 11.6 Å². The summed E-state index contributed by atoms with van der Waals surface area (Å²) in [7, 11) is -2.30. The van der Waals surface area contributed by atoms with Crippen LogP contribution in [0, 0.1) is 5.92 Å². The second-order valence-corrected chi connectivity index (χ2v) is 9.15. The normalized spacial score (nSPS) is 17.7. The zero-order chi connectivity index (χ0) is 19.4. The number of hydrogen-bond acceptors (Lipinski definition) is 4. The summed E-state index contributed by atoms with van der Waals surface area (Å²) in [5.41, 5.74) is 2.08. The van der Waals surface area contributed by atoms with E-state index in [0.29, 0.717) is 10.9 Å². The van der Waals surface area contributed by atoms with E-state index in [2.05, 4.69) is 28.7 Å². The number of ether oxygens (including phenoxy) is 1. The first-order chi connectivity index (χ1) is 12.9. The second-order valence-electron chi connectivity index (χ2n) is 6.98. The van der Waals surface area contributed by atoms with Gasteiger partial charge in [0, 0.05) is 30.3 Å². The number of halogens is 1. The molecular weight excluding hydrogens is 384 g/mol. The Kier molecular flexibility index (Phi) is 6.29. The van der Waals surface area contributed by atoms with Gasteiger partial charge in [-0.3, -0.25) is 0 Å². The van der Waals surface area contributed by atoms with E-state index in [1.165, 1.54) is 31.7 Å². The Balaban J connectivity index is 1.68. The van der Waals surface area contributed by atoms with Crippen molar-refractivity contribution >= 4 is 27.3 Å². The lowest BCUT2D eigenvalue weighted by atomic mass is 9.99. The summed E-state index contributed by atoms with van der Waals surface area (Å²) in [4.78, 5) is 2.43. The van der Waals surface area contributed by atoms with Gasteiger partial charge in [0.2, 0.25) is 10.0 Å². The van der Waals surface area contributed by atoms with Crippen LogP contribution in [0.5, 0.6) is 5.75 Å². The van der Waals surface area contributed by atoms with E-state index < -0.39 is 10.0 Å². The first-order valence-electron chi connectivity index (χ1n) is 9.06. The zero-order valence-electron chi connectivity index (χ0n) is 15.6. The van der Waals surface area contributed by atoms with Gasteiger partial charge in [-0.05, 0) is 54.7 Å². The smallest absolute Gasteiger partial charge is 0.244 e. The van der Waals surface area contributed by atoms with Crippen molar-refractivity contribution in [3.8, 4) is 5.75 Å². The third-order valence-corrected chi connectivity index (χ3v) is 6.50. The third-order valence-electron chi connectivity index (χ3n) is 4.84.